The number of benzene rings is 2. The highest BCUT2D eigenvalue weighted by Gasteiger charge is 2.20. The molecular formula is C20H23NO5. The van der Waals surface area contributed by atoms with Crippen molar-refractivity contribution in [3.8, 4) is 17.2 Å². The first-order chi connectivity index (χ1) is 12.7. The second-order valence-electron chi connectivity index (χ2n) is 5.72. The fraction of sp³-hybridized carbons (Fsp3) is 0.350. The second kappa shape index (κ2) is 8.58. The molecule has 1 aliphatic rings. The smallest absolute Gasteiger partial charge is 0.218 e. The van der Waals surface area contributed by atoms with Crippen LogP contribution >= 0.6 is 0 Å². The first-order valence-corrected chi connectivity index (χ1v) is 8.41. The molecule has 0 fully saturated rings. The molecule has 0 aliphatic carbocycles. The molecule has 0 bridgehead atoms. The van der Waals surface area contributed by atoms with E-state index in [1.165, 1.54) is 0 Å². The Labute approximate surface area is 153 Å². The van der Waals surface area contributed by atoms with E-state index < -0.39 is 0 Å². The van der Waals surface area contributed by atoms with Gasteiger partial charge in [-0.2, -0.15) is 0 Å². The Balaban J connectivity index is 1.59. The lowest BCUT2D eigenvalue weighted by Crippen LogP contribution is -2.13. The van der Waals surface area contributed by atoms with E-state index in [-0.39, 0.29) is 6.23 Å². The van der Waals surface area contributed by atoms with E-state index in [9.17, 15) is 0 Å². The molecule has 2 aromatic rings. The van der Waals surface area contributed by atoms with E-state index in [2.05, 4.69) is 4.99 Å². The topological polar surface area (TPSA) is 58.5 Å². The SMILES string of the molecule is COc1cc(CCOC2COC(c3ccccc3)=N2)cc(OC)c1OC. The van der Waals surface area contributed by atoms with Gasteiger partial charge in [0.25, 0.3) is 0 Å². The monoisotopic (exact) mass is 357 g/mol. The summed E-state index contributed by atoms with van der Waals surface area (Å²) in [6.07, 6.45) is 0.413. The Morgan fingerprint density at radius 2 is 1.69 bits per heavy atom. The number of aliphatic imine (C=N–C) groups is 1. The lowest BCUT2D eigenvalue weighted by atomic mass is 10.1. The highest BCUT2D eigenvalue weighted by molar-refractivity contribution is 5.94. The number of rotatable bonds is 8. The summed E-state index contributed by atoms with van der Waals surface area (Å²) in [5, 5.41) is 0. The van der Waals surface area contributed by atoms with Crippen LogP contribution in [0.1, 0.15) is 11.1 Å². The second-order valence-corrected chi connectivity index (χ2v) is 5.72. The van der Waals surface area contributed by atoms with Crippen molar-refractivity contribution in [2.45, 2.75) is 12.6 Å². The summed E-state index contributed by atoms with van der Waals surface area (Å²) in [5.74, 6) is 2.48. The molecule has 6 heteroatoms. The van der Waals surface area contributed by atoms with Gasteiger partial charge in [0.05, 0.1) is 27.9 Å². The molecule has 0 aromatic heterocycles. The molecule has 0 spiro atoms. The molecule has 1 heterocycles. The summed E-state index contributed by atoms with van der Waals surface area (Å²) in [6, 6.07) is 13.7. The Morgan fingerprint density at radius 3 is 2.31 bits per heavy atom. The lowest BCUT2D eigenvalue weighted by Gasteiger charge is -2.14. The summed E-state index contributed by atoms with van der Waals surface area (Å²) < 4.78 is 27.5. The molecule has 3 rings (SSSR count). The molecule has 1 unspecified atom stereocenters. The van der Waals surface area contributed by atoms with Crippen LogP contribution in [0, 0.1) is 0 Å². The van der Waals surface area contributed by atoms with Gasteiger partial charge >= 0.3 is 0 Å². The van der Waals surface area contributed by atoms with Crippen molar-refractivity contribution in [2.75, 3.05) is 34.5 Å². The average molecular weight is 357 g/mol. The number of ether oxygens (including phenoxy) is 5. The third kappa shape index (κ3) is 4.08. The number of nitrogens with zero attached hydrogens (tertiary/aromatic N) is 1. The minimum absolute atomic E-state index is 0.285. The van der Waals surface area contributed by atoms with Crippen molar-refractivity contribution in [3.05, 3.63) is 53.6 Å². The Kier molecular flexibility index (Phi) is 5.96. The fourth-order valence-corrected chi connectivity index (χ4v) is 2.77. The minimum atomic E-state index is -0.285. The molecule has 6 nitrogen and oxygen atoms in total. The van der Waals surface area contributed by atoms with Crippen molar-refractivity contribution in [3.63, 3.8) is 0 Å². The molecule has 0 saturated heterocycles. The predicted molar refractivity (Wildman–Crippen MR) is 98.5 cm³/mol. The summed E-state index contributed by atoms with van der Waals surface area (Å²) in [5.41, 5.74) is 1.99. The molecule has 0 saturated carbocycles. The van der Waals surface area contributed by atoms with Crippen molar-refractivity contribution in [1.29, 1.82) is 0 Å². The van der Waals surface area contributed by atoms with Crippen LogP contribution in [-0.2, 0) is 15.9 Å². The van der Waals surface area contributed by atoms with Crippen molar-refractivity contribution in [2.24, 2.45) is 4.99 Å². The van der Waals surface area contributed by atoms with Crippen LogP contribution in [0.15, 0.2) is 47.5 Å². The third-order valence-electron chi connectivity index (χ3n) is 4.07. The standard InChI is InChI=1S/C20H23NO5/c1-22-16-11-14(12-17(23-2)19(16)24-3)9-10-25-18-13-26-20(21-18)15-7-5-4-6-8-15/h4-8,11-12,18H,9-10,13H2,1-3H3. The molecule has 2 aromatic carbocycles. The van der Waals surface area contributed by atoms with Crippen LogP contribution in [0.4, 0.5) is 0 Å². The average Bonchev–Trinajstić information content (AvgIpc) is 3.16. The highest BCUT2D eigenvalue weighted by Crippen LogP contribution is 2.38. The maximum absolute atomic E-state index is 5.84. The highest BCUT2D eigenvalue weighted by atomic mass is 16.6. The van der Waals surface area contributed by atoms with Gasteiger partial charge < -0.3 is 23.7 Å². The molecular weight excluding hydrogens is 334 g/mol. The summed E-state index contributed by atoms with van der Waals surface area (Å²) in [4.78, 5) is 4.49. The van der Waals surface area contributed by atoms with Crippen LogP contribution in [0.25, 0.3) is 0 Å². The lowest BCUT2D eigenvalue weighted by molar-refractivity contribution is 0.0429. The largest absolute Gasteiger partial charge is 0.493 e. The molecule has 26 heavy (non-hydrogen) atoms. The Bertz CT molecular complexity index is 735. The third-order valence-corrected chi connectivity index (χ3v) is 4.07. The first kappa shape index (κ1) is 18.1. The Hall–Kier alpha value is -2.73. The van der Waals surface area contributed by atoms with E-state index in [4.69, 9.17) is 23.7 Å². The zero-order valence-corrected chi connectivity index (χ0v) is 15.2. The maximum atomic E-state index is 5.84. The van der Waals surface area contributed by atoms with E-state index in [0.717, 1.165) is 11.1 Å². The van der Waals surface area contributed by atoms with E-state index in [1.807, 2.05) is 42.5 Å². The minimum Gasteiger partial charge on any atom is -0.493 e. The van der Waals surface area contributed by atoms with Gasteiger partial charge in [0.15, 0.2) is 17.7 Å². The normalized spacial score (nSPS) is 16.0. The number of hydrogen-bond acceptors (Lipinski definition) is 6. The molecule has 1 aliphatic heterocycles. The fourth-order valence-electron chi connectivity index (χ4n) is 2.77. The predicted octanol–water partition coefficient (Wildman–Crippen LogP) is 3.07. The molecule has 0 N–H and O–H groups in total. The molecule has 1 atom stereocenters. The van der Waals surface area contributed by atoms with Crippen LogP contribution in [0.2, 0.25) is 0 Å². The number of hydrogen-bond donors (Lipinski definition) is 0. The van der Waals surface area contributed by atoms with Gasteiger partial charge in [-0.15, -0.1) is 0 Å². The Morgan fingerprint density at radius 1 is 1.00 bits per heavy atom. The van der Waals surface area contributed by atoms with Crippen molar-refractivity contribution in [1.82, 2.24) is 0 Å². The quantitative estimate of drug-likeness (QED) is 0.727. The van der Waals surface area contributed by atoms with Gasteiger partial charge in [-0.3, -0.25) is 0 Å². The zero-order chi connectivity index (χ0) is 18.4. The van der Waals surface area contributed by atoms with Gasteiger partial charge in [0.2, 0.25) is 11.6 Å². The first-order valence-electron chi connectivity index (χ1n) is 8.41. The zero-order valence-electron chi connectivity index (χ0n) is 15.2. The summed E-state index contributed by atoms with van der Waals surface area (Å²) in [6.45, 7) is 0.942. The van der Waals surface area contributed by atoms with Gasteiger partial charge in [0, 0.05) is 5.56 Å². The molecule has 0 radical (unpaired) electrons. The summed E-state index contributed by atoms with van der Waals surface area (Å²) in [7, 11) is 4.80. The molecule has 138 valence electrons. The van der Waals surface area contributed by atoms with Crippen LogP contribution < -0.4 is 14.2 Å². The number of methoxy groups -OCH3 is 3. The molecule has 0 amide bonds. The van der Waals surface area contributed by atoms with Crippen LogP contribution in [-0.4, -0.2) is 46.7 Å². The van der Waals surface area contributed by atoms with Gasteiger partial charge in [-0.05, 0) is 36.2 Å². The van der Waals surface area contributed by atoms with Gasteiger partial charge in [-0.25, -0.2) is 4.99 Å². The van der Waals surface area contributed by atoms with Gasteiger partial charge in [0.1, 0.15) is 6.61 Å². The van der Waals surface area contributed by atoms with E-state index in [0.29, 0.717) is 42.8 Å². The van der Waals surface area contributed by atoms with E-state index >= 15 is 0 Å². The van der Waals surface area contributed by atoms with Crippen LogP contribution in [0.5, 0.6) is 17.2 Å². The van der Waals surface area contributed by atoms with Crippen molar-refractivity contribution < 1.29 is 23.7 Å². The maximum Gasteiger partial charge on any atom is 0.218 e. The van der Waals surface area contributed by atoms with E-state index in [1.54, 1.807) is 21.3 Å². The van der Waals surface area contributed by atoms with Crippen molar-refractivity contribution >= 4 is 5.90 Å². The van der Waals surface area contributed by atoms with Crippen LogP contribution in [0.3, 0.4) is 0 Å². The van der Waals surface area contributed by atoms with Gasteiger partial charge in [-0.1, -0.05) is 18.2 Å². The summed E-state index contributed by atoms with van der Waals surface area (Å²) >= 11 is 0.